The van der Waals surface area contributed by atoms with Crippen molar-refractivity contribution in [2.24, 2.45) is 5.73 Å². The van der Waals surface area contributed by atoms with Crippen LogP contribution in [-0.2, 0) is 19.4 Å². The van der Waals surface area contributed by atoms with Crippen LogP contribution >= 0.6 is 11.3 Å². The number of aryl methyl sites for hydroxylation is 2. The van der Waals surface area contributed by atoms with Gasteiger partial charge in [0.25, 0.3) is 0 Å². The first-order valence-electron chi connectivity index (χ1n) is 6.38. The zero-order valence-electron chi connectivity index (χ0n) is 10.3. The van der Waals surface area contributed by atoms with Gasteiger partial charge in [-0.2, -0.15) is 0 Å². The molecule has 0 aliphatic heterocycles. The second kappa shape index (κ2) is 5.08. The lowest BCUT2D eigenvalue weighted by Crippen LogP contribution is -2.03. The summed E-state index contributed by atoms with van der Waals surface area (Å²) in [5, 5.41) is 6.28. The van der Waals surface area contributed by atoms with E-state index in [0.717, 1.165) is 16.5 Å². The molecule has 0 atom stereocenters. The maximum atomic E-state index is 5.56. The normalized spacial score (nSPS) is 14.3. The van der Waals surface area contributed by atoms with Gasteiger partial charge >= 0.3 is 0 Å². The van der Waals surface area contributed by atoms with Crippen molar-refractivity contribution in [2.75, 3.05) is 5.32 Å². The fourth-order valence-corrected chi connectivity index (χ4v) is 3.14. The van der Waals surface area contributed by atoms with E-state index in [0.29, 0.717) is 6.54 Å². The summed E-state index contributed by atoms with van der Waals surface area (Å²) >= 11 is 1.60. The van der Waals surface area contributed by atoms with Gasteiger partial charge in [0.15, 0.2) is 5.13 Å². The molecule has 1 aliphatic rings. The Hall–Kier alpha value is -1.39. The Balaban J connectivity index is 1.80. The Kier molecular flexibility index (Phi) is 3.30. The van der Waals surface area contributed by atoms with E-state index >= 15 is 0 Å². The molecule has 0 amide bonds. The Morgan fingerprint density at radius 3 is 2.83 bits per heavy atom. The van der Waals surface area contributed by atoms with Gasteiger partial charge in [-0.1, -0.05) is 6.07 Å². The van der Waals surface area contributed by atoms with Gasteiger partial charge in [0.05, 0.1) is 5.69 Å². The van der Waals surface area contributed by atoms with Gasteiger partial charge in [0.2, 0.25) is 0 Å². The van der Waals surface area contributed by atoms with Crippen LogP contribution in [0.4, 0.5) is 10.8 Å². The first-order chi connectivity index (χ1) is 8.85. The maximum Gasteiger partial charge on any atom is 0.187 e. The van der Waals surface area contributed by atoms with Crippen LogP contribution in [0.2, 0.25) is 0 Å². The molecule has 0 bridgehead atoms. The highest BCUT2D eigenvalue weighted by molar-refractivity contribution is 7.13. The van der Waals surface area contributed by atoms with E-state index in [1.807, 2.05) is 5.38 Å². The number of aromatic nitrogens is 1. The molecule has 3 nitrogen and oxygen atoms in total. The van der Waals surface area contributed by atoms with Crippen molar-refractivity contribution in [1.82, 2.24) is 4.98 Å². The summed E-state index contributed by atoms with van der Waals surface area (Å²) in [4.78, 5) is 4.42. The minimum Gasteiger partial charge on any atom is -0.332 e. The van der Waals surface area contributed by atoms with E-state index in [2.05, 4.69) is 28.5 Å². The van der Waals surface area contributed by atoms with Gasteiger partial charge in [0.1, 0.15) is 0 Å². The van der Waals surface area contributed by atoms with Crippen LogP contribution in [0.3, 0.4) is 0 Å². The van der Waals surface area contributed by atoms with Gasteiger partial charge < -0.3 is 11.1 Å². The molecule has 94 valence electrons. The topological polar surface area (TPSA) is 50.9 Å². The second-order valence-electron chi connectivity index (χ2n) is 4.66. The lowest BCUT2D eigenvalue weighted by molar-refractivity contribution is 0.686. The summed E-state index contributed by atoms with van der Waals surface area (Å²) in [5.41, 5.74) is 10.6. The number of nitrogens with zero attached hydrogens (tertiary/aromatic N) is 1. The predicted molar refractivity (Wildman–Crippen MR) is 76.4 cm³/mol. The Labute approximate surface area is 111 Å². The fourth-order valence-electron chi connectivity index (χ4n) is 2.39. The van der Waals surface area contributed by atoms with Crippen molar-refractivity contribution in [3.05, 3.63) is 40.4 Å². The minimum absolute atomic E-state index is 0.502. The molecule has 4 heteroatoms. The number of nitrogens with one attached hydrogen (secondary N) is 1. The molecule has 0 fully saturated rings. The Morgan fingerprint density at radius 2 is 2.06 bits per heavy atom. The van der Waals surface area contributed by atoms with Crippen LogP contribution in [-0.4, -0.2) is 4.98 Å². The molecule has 0 saturated carbocycles. The van der Waals surface area contributed by atoms with Gasteiger partial charge in [-0.3, -0.25) is 0 Å². The molecule has 1 aliphatic carbocycles. The van der Waals surface area contributed by atoms with Crippen molar-refractivity contribution in [2.45, 2.75) is 32.2 Å². The predicted octanol–water partition coefficient (Wildman–Crippen LogP) is 3.22. The van der Waals surface area contributed by atoms with Crippen molar-refractivity contribution in [3.63, 3.8) is 0 Å². The highest BCUT2D eigenvalue weighted by atomic mass is 32.1. The van der Waals surface area contributed by atoms with Crippen LogP contribution < -0.4 is 11.1 Å². The van der Waals surface area contributed by atoms with Crippen LogP contribution in [0.5, 0.6) is 0 Å². The zero-order valence-corrected chi connectivity index (χ0v) is 11.1. The molecular formula is C14H17N3S. The van der Waals surface area contributed by atoms with Gasteiger partial charge in [-0.25, -0.2) is 4.98 Å². The quantitative estimate of drug-likeness (QED) is 0.889. The van der Waals surface area contributed by atoms with Gasteiger partial charge in [-0.05, 0) is 48.9 Å². The summed E-state index contributed by atoms with van der Waals surface area (Å²) in [6, 6.07) is 6.65. The van der Waals surface area contributed by atoms with Gasteiger partial charge in [0, 0.05) is 17.6 Å². The molecule has 3 N–H and O–H groups in total. The van der Waals surface area contributed by atoms with E-state index in [4.69, 9.17) is 5.73 Å². The van der Waals surface area contributed by atoms with Gasteiger partial charge in [-0.15, -0.1) is 11.3 Å². The van der Waals surface area contributed by atoms with Crippen LogP contribution in [0, 0.1) is 0 Å². The monoisotopic (exact) mass is 259 g/mol. The molecule has 0 saturated heterocycles. The van der Waals surface area contributed by atoms with E-state index in [9.17, 15) is 0 Å². The largest absolute Gasteiger partial charge is 0.332 e. The number of anilines is 2. The number of fused-ring (bicyclic) bond motifs is 1. The number of hydrogen-bond acceptors (Lipinski definition) is 4. The molecule has 3 rings (SSSR count). The first-order valence-corrected chi connectivity index (χ1v) is 7.26. The summed E-state index contributed by atoms with van der Waals surface area (Å²) in [6.07, 6.45) is 5.07. The standard InChI is InChI=1S/C14H17N3S/c15-8-13-9-18-14(17-13)16-12-6-5-10-3-1-2-4-11(10)7-12/h5-7,9H,1-4,8,15H2,(H,16,17). The third kappa shape index (κ3) is 2.40. The molecular weight excluding hydrogens is 242 g/mol. The second-order valence-corrected chi connectivity index (χ2v) is 5.52. The average Bonchev–Trinajstić information content (AvgIpc) is 2.86. The van der Waals surface area contributed by atoms with Crippen molar-refractivity contribution in [1.29, 1.82) is 0 Å². The summed E-state index contributed by atoms with van der Waals surface area (Å²) in [5.74, 6) is 0. The maximum absolute atomic E-state index is 5.56. The lowest BCUT2D eigenvalue weighted by atomic mass is 9.91. The first kappa shape index (κ1) is 11.7. The van der Waals surface area contributed by atoms with Crippen LogP contribution in [0.1, 0.15) is 29.7 Å². The summed E-state index contributed by atoms with van der Waals surface area (Å²) in [7, 11) is 0. The number of benzene rings is 1. The average molecular weight is 259 g/mol. The highest BCUT2D eigenvalue weighted by Crippen LogP contribution is 2.27. The molecule has 1 heterocycles. The molecule has 0 radical (unpaired) electrons. The van der Waals surface area contributed by atoms with Crippen molar-refractivity contribution in [3.8, 4) is 0 Å². The van der Waals surface area contributed by atoms with Crippen LogP contribution in [0.15, 0.2) is 23.6 Å². The minimum atomic E-state index is 0.502. The van der Waals surface area contributed by atoms with Crippen molar-refractivity contribution < 1.29 is 0 Å². The Bertz CT molecular complexity index is 548. The molecule has 1 aromatic carbocycles. The third-order valence-corrected chi connectivity index (χ3v) is 4.17. The van der Waals surface area contributed by atoms with Crippen molar-refractivity contribution >= 4 is 22.2 Å². The SMILES string of the molecule is NCc1csc(Nc2ccc3c(c2)CCCC3)n1. The number of hydrogen-bond donors (Lipinski definition) is 2. The van der Waals surface area contributed by atoms with E-state index in [1.54, 1.807) is 11.3 Å². The smallest absolute Gasteiger partial charge is 0.187 e. The zero-order chi connectivity index (χ0) is 12.4. The Morgan fingerprint density at radius 1 is 1.22 bits per heavy atom. The fraction of sp³-hybridized carbons (Fsp3) is 0.357. The lowest BCUT2D eigenvalue weighted by Gasteiger charge is -2.16. The molecule has 18 heavy (non-hydrogen) atoms. The molecule has 2 aromatic rings. The summed E-state index contributed by atoms with van der Waals surface area (Å²) < 4.78 is 0. The highest BCUT2D eigenvalue weighted by Gasteiger charge is 2.10. The molecule has 0 unspecified atom stereocenters. The summed E-state index contributed by atoms with van der Waals surface area (Å²) in [6.45, 7) is 0.502. The number of thiazole rings is 1. The number of rotatable bonds is 3. The molecule has 0 spiro atoms. The van der Waals surface area contributed by atoms with E-state index in [-0.39, 0.29) is 0 Å². The van der Waals surface area contributed by atoms with Crippen LogP contribution in [0.25, 0.3) is 0 Å². The third-order valence-electron chi connectivity index (χ3n) is 3.36. The molecule has 1 aromatic heterocycles. The van der Waals surface area contributed by atoms with E-state index < -0.39 is 0 Å². The number of nitrogens with two attached hydrogens (primary N) is 1. The van der Waals surface area contributed by atoms with E-state index in [1.165, 1.54) is 36.8 Å².